The van der Waals surface area contributed by atoms with E-state index in [1.165, 1.54) is 12.1 Å². The number of anilines is 3. The van der Waals surface area contributed by atoms with Crippen LogP contribution >= 0.6 is 11.3 Å². The van der Waals surface area contributed by atoms with Gasteiger partial charge >= 0.3 is 0 Å². The molecule has 4 rings (SSSR count). The average molecular weight is 438 g/mol. The Hall–Kier alpha value is -3.36. The lowest BCUT2D eigenvalue weighted by Crippen LogP contribution is -2.57. The predicted molar refractivity (Wildman–Crippen MR) is 116 cm³/mol. The number of nitrogens with one attached hydrogen (secondary N) is 1. The number of hydrogen-bond acceptors (Lipinski definition) is 7. The number of ketones is 3. The molecule has 1 atom stereocenters. The third kappa shape index (κ3) is 4.26. The molecule has 3 aromatic rings. The van der Waals surface area contributed by atoms with Gasteiger partial charge in [-0.25, -0.2) is 4.39 Å². The molecular formula is C23H19FN2O4S. The van der Waals surface area contributed by atoms with Gasteiger partial charge in [-0.15, -0.1) is 0 Å². The molecule has 0 amide bonds. The molecule has 2 aromatic carbocycles. The topological polar surface area (TPSA) is 75.7 Å². The number of Topliss-reactive ketones (excluding diaryl/α,β-unsaturated/α-hetero) is 3. The van der Waals surface area contributed by atoms with Crippen molar-refractivity contribution >= 4 is 45.7 Å². The first-order valence-electron chi connectivity index (χ1n) is 9.55. The fraction of sp³-hybridized carbons (Fsp3) is 0.174. The van der Waals surface area contributed by atoms with E-state index in [4.69, 9.17) is 4.74 Å². The molecule has 0 saturated heterocycles. The molecule has 1 saturated carbocycles. The van der Waals surface area contributed by atoms with Crippen molar-refractivity contribution in [1.82, 2.24) is 0 Å². The van der Waals surface area contributed by atoms with Crippen LogP contribution in [0.4, 0.5) is 21.5 Å². The monoisotopic (exact) mass is 438 g/mol. The molecule has 158 valence electrons. The zero-order valence-corrected chi connectivity index (χ0v) is 17.4. The Morgan fingerprint density at radius 2 is 1.81 bits per heavy atom. The van der Waals surface area contributed by atoms with E-state index in [0.29, 0.717) is 12.2 Å². The third-order valence-corrected chi connectivity index (χ3v) is 5.83. The average Bonchev–Trinajstić information content (AvgIpc) is 3.33. The Morgan fingerprint density at radius 1 is 1.06 bits per heavy atom. The van der Waals surface area contributed by atoms with Gasteiger partial charge in [-0.1, -0.05) is 6.07 Å². The van der Waals surface area contributed by atoms with E-state index in [-0.39, 0.29) is 11.9 Å². The second kappa shape index (κ2) is 8.79. The molecule has 1 heterocycles. The number of rotatable bonds is 8. The zero-order chi connectivity index (χ0) is 22.0. The highest BCUT2D eigenvalue weighted by atomic mass is 32.1. The summed E-state index contributed by atoms with van der Waals surface area (Å²) in [5.41, 5.74) is 3.05. The van der Waals surface area contributed by atoms with Gasteiger partial charge in [0.2, 0.25) is 11.6 Å². The van der Waals surface area contributed by atoms with E-state index >= 15 is 0 Å². The second-order valence-corrected chi connectivity index (χ2v) is 7.83. The zero-order valence-electron chi connectivity index (χ0n) is 16.6. The summed E-state index contributed by atoms with van der Waals surface area (Å²) in [6.45, 7) is 0.447. The summed E-state index contributed by atoms with van der Waals surface area (Å²) < 4.78 is 19.2. The predicted octanol–water partition coefficient (Wildman–Crippen LogP) is 3.91. The van der Waals surface area contributed by atoms with Crippen LogP contribution in [0.15, 0.2) is 65.4 Å². The molecule has 1 fully saturated rings. The van der Waals surface area contributed by atoms with Crippen LogP contribution in [0, 0.1) is 5.82 Å². The van der Waals surface area contributed by atoms with E-state index in [1.54, 1.807) is 48.8 Å². The largest absolute Gasteiger partial charge is 0.375 e. The van der Waals surface area contributed by atoms with Gasteiger partial charge in [0.1, 0.15) is 11.9 Å². The van der Waals surface area contributed by atoms with E-state index in [9.17, 15) is 18.8 Å². The molecule has 1 aromatic heterocycles. The summed E-state index contributed by atoms with van der Waals surface area (Å²) in [5.74, 6) is -2.78. The van der Waals surface area contributed by atoms with Gasteiger partial charge < -0.3 is 15.0 Å². The number of carbonyl (C=O) groups is 3. The van der Waals surface area contributed by atoms with Crippen molar-refractivity contribution in [3.05, 3.63) is 76.7 Å². The van der Waals surface area contributed by atoms with Crippen molar-refractivity contribution in [2.24, 2.45) is 0 Å². The Balaban J connectivity index is 1.65. The van der Waals surface area contributed by atoms with Crippen molar-refractivity contribution in [2.45, 2.75) is 12.1 Å². The summed E-state index contributed by atoms with van der Waals surface area (Å²) in [6, 6.07) is 14.1. The first-order chi connectivity index (χ1) is 15.0. The fourth-order valence-electron chi connectivity index (χ4n) is 3.41. The summed E-state index contributed by atoms with van der Waals surface area (Å²) in [7, 11) is 1.63. The van der Waals surface area contributed by atoms with Crippen LogP contribution in [0.3, 0.4) is 0 Å². The first kappa shape index (κ1) is 20.9. The summed E-state index contributed by atoms with van der Waals surface area (Å²) in [4.78, 5) is 36.5. The molecule has 1 aliphatic carbocycles. The normalized spacial score (nSPS) is 15.0. The molecule has 1 unspecified atom stereocenters. The number of methoxy groups -OCH3 is 1. The Bertz CT molecular complexity index is 1100. The number of benzene rings is 2. The SMILES string of the molecule is COC(CN(c1ccc(F)cc1)c1cccc(NC2C(=O)C(=O)C2=O)c1)c1ccsc1. The molecule has 0 bridgehead atoms. The van der Waals surface area contributed by atoms with Crippen LogP contribution in [-0.4, -0.2) is 37.0 Å². The molecule has 0 aliphatic heterocycles. The minimum Gasteiger partial charge on any atom is -0.375 e. The van der Waals surface area contributed by atoms with E-state index in [2.05, 4.69) is 5.32 Å². The highest BCUT2D eigenvalue weighted by Gasteiger charge is 2.48. The Labute approximate surface area is 182 Å². The molecule has 31 heavy (non-hydrogen) atoms. The van der Waals surface area contributed by atoms with Gasteiger partial charge in [0, 0.05) is 24.2 Å². The lowest BCUT2D eigenvalue weighted by molar-refractivity contribution is -0.152. The van der Waals surface area contributed by atoms with Crippen LogP contribution in [0.1, 0.15) is 11.7 Å². The molecule has 6 nitrogen and oxygen atoms in total. The Morgan fingerprint density at radius 3 is 2.45 bits per heavy atom. The summed E-state index contributed by atoms with van der Waals surface area (Å²) in [6.07, 6.45) is -0.236. The van der Waals surface area contributed by atoms with Crippen molar-refractivity contribution in [3.63, 3.8) is 0 Å². The van der Waals surface area contributed by atoms with Gasteiger partial charge in [0.15, 0.2) is 6.04 Å². The lowest BCUT2D eigenvalue weighted by Gasteiger charge is -2.30. The standard InChI is InChI=1S/C23H19FN2O4S/c1-30-19(14-9-10-31-13-14)12-26(17-7-5-15(24)6-8-17)18-4-2-3-16(11-18)25-20-21(27)23(29)22(20)28/h2-11,13,19-20,25H,12H2,1H3. The maximum absolute atomic E-state index is 13.5. The number of hydrogen-bond donors (Lipinski definition) is 1. The highest BCUT2D eigenvalue weighted by molar-refractivity contribution is 7.08. The van der Waals surface area contributed by atoms with Crippen molar-refractivity contribution in [1.29, 1.82) is 0 Å². The fourth-order valence-corrected chi connectivity index (χ4v) is 4.11. The van der Waals surface area contributed by atoms with Crippen LogP contribution in [-0.2, 0) is 19.1 Å². The van der Waals surface area contributed by atoms with Crippen LogP contribution < -0.4 is 10.2 Å². The molecule has 0 spiro atoms. The van der Waals surface area contributed by atoms with E-state index in [0.717, 1.165) is 16.9 Å². The maximum atomic E-state index is 13.5. The van der Waals surface area contributed by atoms with E-state index in [1.807, 2.05) is 27.8 Å². The van der Waals surface area contributed by atoms with Crippen LogP contribution in [0.5, 0.6) is 0 Å². The van der Waals surface area contributed by atoms with Gasteiger partial charge in [-0.3, -0.25) is 14.4 Å². The number of halogens is 1. The molecule has 1 aliphatic rings. The van der Waals surface area contributed by atoms with Gasteiger partial charge in [0.25, 0.3) is 5.78 Å². The number of carbonyl (C=O) groups excluding carboxylic acids is 3. The van der Waals surface area contributed by atoms with Crippen molar-refractivity contribution in [2.75, 3.05) is 23.9 Å². The smallest absolute Gasteiger partial charge is 0.269 e. The summed E-state index contributed by atoms with van der Waals surface area (Å²) >= 11 is 1.57. The van der Waals surface area contributed by atoms with E-state index < -0.39 is 23.4 Å². The second-order valence-electron chi connectivity index (χ2n) is 7.05. The molecule has 1 N–H and O–H groups in total. The molecule has 0 radical (unpaired) electrons. The summed E-state index contributed by atoms with van der Waals surface area (Å²) in [5, 5.41) is 6.81. The number of nitrogens with zero attached hydrogens (tertiary/aromatic N) is 1. The molecular weight excluding hydrogens is 419 g/mol. The third-order valence-electron chi connectivity index (χ3n) is 5.13. The first-order valence-corrected chi connectivity index (χ1v) is 10.5. The lowest BCUT2D eigenvalue weighted by atomic mass is 9.87. The van der Waals surface area contributed by atoms with Gasteiger partial charge in [-0.05, 0) is 64.9 Å². The van der Waals surface area contributed by atoms with Crippen molar-refractivity contribution in [3.8, 4) is 0 Å². The van der Waals surface area contributed by atoms with Gasteiger partial charge in [-0.2, -0.15) is 11.3 Å². The Kier molecular flexibility index (Phi) is 5.92. The highest BCUT2D eigenvalue weighted by Crippen LogP contribution is 2.32. The van der Waals surface area contributed by atoms with Crippen molar-refractivity contribution < 1.29 is 23.5 Å². The minimum atomic E-state index is -1.14. The molecule has 8 heteroatoms. The van der Waals surface area contributed by atoms with Crippen LogP contribution in [0.25, 0.3) is 0 Å². The van der Waals surface area contributed by atoms with Gasteiger partial charge in [0.05, 0.1) is 6.54 Å². The minimum absolute atomic E-state index is 0.236. The number of ether oxygens (including phenoxy) is 1. The number of thiophene rings is 1. The van der Waals surface area contributed by atoms with Crippen LogP contribution in [0.2, 0.25) is 0 Å². The maximum Gasteiger partial charge on any atom is 0.269 e. The quantitative estimate of drug-likeness (QED) is 0.425.